The third-order valence-corrected chi connectivity index (χ3v) is 12.2. The summed E-state index contributed by atoms with van der Waals surface area (Å²) in [4.78, 5) is 2.45. The van der Waals surface area contributed by atoms with Gasteiger partial charge in [-0.3, -0.25) is 0 Å². The van der Waals surface area contributed by atoms with E-state index >= 15 is 0 Å². The third-order valence-electron chi connectivity index (χ3n) is 12.2. The molecule has 270 valence electrons. The van der Waals surface area contributed by atoms with Crippen LogP contribution in [0.5, 0.6) is 0 Å². The van der Waals surface area contributed by atoms with E-state index in [2.05, 4.69) is 230 Å². The largest absolute Gasteiger partial charge is 0.310 e. The SMILES string of the molecule is CC1(C)c2ccccc2-c2c(-c3ccccc3N(c3cccc(-c4ccc5c6ccccc6n(-c6ccccc6)c5c4)c3)c3ccc4ccccc4c3)cccc21. The number of para-hydroxylation sites is 3. The van der Waals surface area contributed by atoms with Gasteiger partial charge >= 0.3 is 0 Å². The molecule has 0 aliphatic heterocycles. The molecule has 0 unspecified atom stereocenters. The number of nitrogens with zero attached hydrogens (tertiary/aromatic N) is 2. The molecule has 0 saturated carbocycles. The zero-order valence-corrected chi connectivity index (χ0v) is 32.0. The summed E-state index contributed by atoms with van der Waals surface area (Å²) in [6.07, 6.45) is 0. The first kappa shape index (κ1) is 33.2. The van der Waals surface area contributed by atoms with Gasteiger partial charge in [0.05, 0.1) is 16.7 Å². The fourth-order valence-corrected chi connectivity index (χ4v) is 9.45. The number of hydrogen-bond donors (Lipinski definition) is 0. The van der Waals surface area contributed by atoms with Crippen molar-refractivity contribution in [3.8, 4) is 39.1 Å². The lowest BCUT2D eigenvalue weighted by molar-refractivity contribution is 0.660. The van der Waals surface area contributed by atoms with E-state index < -0.39 is 0 Å². The van der Waals surface area contributed by atoms with Crippen LogP contribution in [0.15, 0.2) is 206 Å². The van der Waals surface area contributed by atoms with E-state index in [0.29, 0.717) is 0 Å². The lowest BCUT2D eigenvalue weighted by Crippen LogP contribution is -2.14. The van der Waals surface area contributed by atoms with Crippen molar-refractivity contribution in [3.05, 3.63) is 217 Å². The highest BCUT2D eigenvalue weighted by Gasteiger charge is 2.37. The van der Waals surface area contributed by atoms with Crippen molar-refractivity contribution >= 4 is 49.6 Å². The highest BCUT2D eigenvalue weighted by molar-refractivity contribution is 6.10. The molecule has 1 aromatic heterocycles. The Morgan fingerprint density at radius 3 is 1.95 bits per heavy atom. The summed E-state index contributed by atoms with van der Waals surface area (Å²) >= 11 is 0. The first-order chi connectivity index (χ1) is 28.0. The third kappa shape index (κ3) is 5.25. The first-order valence-corrected chi connectivity index (χ1v) is 19.9. The van der Waals surface area contributed by atoms with Crippen molar-refractivity contribution in [2.75, 3.05) is 4.90 Å². The number of anilines is 3. The molecule has 57 heavy (non-hydrogen) atoms. The molecule has 9 aromatic carbocycles. The van der Waals surface area contributed by atoms with E-state index in [4.69, 9.17) is 0 Å². The molecule has 2 nitrogen and oxygen atoms in total. The van der Waals surface area contributed by atoms with E-state index in [0.717, 1.165) is 22.7 Å². The van der Waals surface area contributed by atoms with Gasteiger partial charge in [0.15, 0.2) is 0 Å². The van der Waals surface area contributed by atoms with Gasteiger partial charge in [-0.15, -0.1) is 0 Å². The van der Waals surface area contributed by atoms with Gasteiger partial charge in [0.1, 0.15) is 0 Å². The quantitative estimate of drug-likeness (QED) is 0.165. The van der Waals surface area contributed by atoms with Crippen molar-refractivity contribution in [2.24, 2.45) is 0 Å². The smallest absolute Gasteiger partial charge is 0.0547 e. The first-order valence-electron chi connectivity index (χ1n) is 19.9. The maximum Gasteiger partial charge on any atom is 0.0547 e. The molecular weight excluding hydrogens is 689 g/mol. The Morgan fingerprint density at radius 1 is 0.404 bits per heavy atom. The average Bonchev–Trinajstić information content (AvgIpc) is 3.72. The van der Waals surface area contributed by atoms with Crippen LogP contribution in [0, 0.1) is 0 Å². The van der Waals surface area contributed by atoms with Gasteiger partial charge in [0.2, 0.25) is 0 Å². The van der Waals surface area contributed by atoms with Crippen LogP contribution in [0.2, 0.25) is 0 Å². The van der Waals surface area contributed by atoms with Gasteiger partial charge in [-0.05, 0) is 104 Å². The second-order valence-corrected chi connectivity index (χ2v) is 15.8. The molecule has 10 aromatic rings. The number of fused-ring (bicyclic) bond motifs is 7. The minimum absolute atomic E-state index is 0.0867. The maximum absolute atomic E-state index is 2.45. The Bertz CT molecular complexity index is 3170. The molecule has 0 fully saturated rings. The molecule has 11 rings (SSSR count). The fourth-order valence-electron chi connectivity index (χ4n) is 9.45. The van der Waals surface area contributed by atoms with Crippen LogP contribution in [0.25, 0.3) is 71.6 Å². The zero-order chi connectivity index (χ0) is 38.1. The van der Waals surface area contributed by atoms with Gasteiger partial charge in [-0.2, -0.15) is 0 Å². The Morgan fingerprint density at radius 2 is 1.05 bits per heavy atom. The summed E-state index contributed by atoms with van der Waals surface area (Å²) in [5.74, 6) is 0. The predicted molar refractivity (Wildman–Crippen MR) is 241 cm³/mol. The highest BCUT2D eigenvalue weighted by atomic mass is 15.1. The standard InChI is InChI=1S/C55H40N2/c1-55(2)49-26-11-8-24-48(49)54-47(25-15-27-50(54)55)45-23-10-12-28-51(45)56(43-32-30-37-16-6-7-17-38(37)34-43)42-21-14-18-39(35-42)40-31-33-46-44-22-9-13-29-52(44)57(53(46)36-40)41-19-4-3-5-20-41/h3-36H,1-2H3. The molecule has 1 aliphatic rings. The lowest BCUT2D eigenvalue weighted by Gasteiger charge is -2.29. The van der Waals surface area contributed by atoms with Crippen LogP contribution in [0.1, 0.15) is 25.0 Å². The average molecular weight is 729 g/mol. The lowest BCUT2D eigenvalue weighted by atomic mass is 9.82. The van der Waals surface area contributed by atoms with E-state index in [-0.39, 0.29) is 5.41 Å². The molecule has 0 N–H and O–H groups in total. The molecule has 0 atom stereocenters. The number of hydrogen-bond acceptors (Lipinski definition) is 1. The van der Waals surface area contributed by atoms with E-state index in [1.807, 2.05) is 0 Å². The van der Waals surface area contributed by atoms with Crippen molar-refractivity contribution in [2.45, 2.75) is 19.3 Å². The second-order valence-electron chi connectivity index (χ2n) is 15.8. The van der Waals surface area contributed by atoms with E-state index in [9.17, 15) is 0 Å². The number of aromatic nitrogens is 1. The van der Waals surface area contributed by atoms with E-state index in [1.165, 1.54) is 77.1 Å². The van der Waals surface area contributed by atoms with Crippen LogP contribution >= 0.6 is 0 Å². The maximum atomic E-state index is 2.45. The molecule has 0 radical (unpaired) electrons. The van der Waals surface area contributed by atoms with Crippen molar-refractivity contribution < 1.29 is 0 Å². The topological polar surface area (TPSA) is 8.17 Å². The number of rotatable bonds is 6. The van der Waals surface area contributed by atoms with E-state index in [1.54, 1.807) is 0 Å². The Hall–Kier alpha value is -7.16. The minimum Gasteiger partial charge on any atom is -0.310 e. The van der Waals surface area contributed by atoms with Gasteiger partial charge < -0.3 is 9.47 Å². The summed E-state index contributed by atoms with van der Waals surface area (Å²) in [6.45, 7) is 4.72. The summed E-state index contributed by atoms with van der Waals surface area (Å²) in [5, 5.41) is 4.95. The van der Waals surface area contributed by atoms with Crippen molar-refractivity contribution in [3.63, 3.8) is 0 Å². The summed E-state index contributed by atoms with van der Waals surface area (Å²) in [7, 11) is 0. The Balaban J connectivity index is 1.12. The van der Waals surface area contributed by atoms with Crippen LogP contribution in [-0.2, 0) is 5.41 Å². The molecule has 0 bridgehead atoms. The van der Waals surface area contributed by atoms with Crippen molar-refractivity contribution in [1.29, 1.82) is 0 Å². The van der Waals surface area contributed by atoms with Crippen LogP contribution in [0.4, 0.5) is 17.1 Å². The van der Waals surface area contributed by atoms with Crippen LogP contribution < -0.4 is 4.90 Å². The summed E-state index contributed by atoms with van der Waals surface area (Å²) in [6, 6.07) is 75.7. The highest BCUT2D eigenvalue weighted by Crippen LogP contribution is 2.54. The second kappa shape index (κ2) is 13.0. The fraction of sp³-hybridized carbons (Fsp3) is 0.0545. The molecular formula is C55H40N2. The molecule has 0 amide bonds. The minimum atomic E-state index is -0.0867. The van der Waals surface area contributed by atoms with Gasteiger partial charge in [0, 0.05) is 38.8 Å². The van der Waals surface area contributed by atoms with Gasteiger partial charge in [-0.1, -0.05) is 166 Å². The van der Waals surface area contributed by atoms with Crippen molar-refractivity contribution in [1.82, 2.24) is 4.57 Å². The van der Waals surface area contributed by atoms with Crippen LogP contribution in [0.3, 0.4) is 0 Å². The van der Waals surface area contributed by atoms with Gasteiger partial charge in [-0.25, -0.2) is 0 Å². The normalized spacial score (nSPS) is 12.9. The monoisotopic (exact) mass is 728 g/mol. The molecule has 1 heterocycles. The molecule has 1 aliphatic carbocycles. The van der Waals surface area contributed by atoms with Crippen LogP contribution in [-0.4, -0.2) is 4.57 Å². The number of benzene rings is 9. The summed E-state index contributed by atoms with van der Waals surface area (Å²) in [5.41, 5.74) is 17.1. The summed E-state index contributed by atoms with van der Waals surface area (Å²) < 4.78 is 2.40. The predicted octanol–water partition coefficient (Wildman–Crippen LogP) is 15.0. The molecule has 0 saturated heterocycles. The molecule has 2 heteroatoms. The zero-order valence-electron chi connectivity index (χ0n) is 32.0. The molecule has 0 spiro atoms. The Kier molecular flexibility index (Phi) is 7.55. The van der Waals surface area contributed by atoms with Gasteiger partial charge in [0.25, 0.3) is 0 Å². The Labute approximate surface area is 333 Å².